The number of rotatable bonds is 7. The van der Waals surface area contributed by atoms with E-state index >= 15 is 0 Å². The molecule has 1 N–H and O–H groups in total. The average Bonchev–Trinajstić information content (AvgIpc) is 3.00. The monoisotopic (exact) mass is 377 g/mol. The van der Waals surface area contributed by atoms with Gasteiger partial charge in [0, 0.05) is 17.1 Å². The van der Waals surface area contributed by atoms with E-state index < -0.39 is 31.1 Å². The van der Waals surface area contributed by atoms with Crippen LogP contribution in [0.2, 0.25) is 0 Å². The average molecular weight is 377 g/mol. The van der Waals surface area contributed by atoms with Crippen LogP contribution in [0.4, 0.5) is 20.2 Å². The lowest BCUT2D eigenvalue weighted by Gasteiger charge is -2.08. The number of halogens is 2. The Bertz CT molecular complexity index is 853. The molecule has 0 aliphatic carbocycles. The standard InChI is InChI=1S/C13H13F2N3O4S2/c1-2-8-6-17-12(23-8)7-16-10-4-3-9(5-11(10)18(19)20)24(21,22)13(14)15/h3-6,13,16H,2,7H2,1H3. The van der Waals surface area contributed by atoms with E-state index in [-0.39, 0.29) is 12.2 Å². The Morgan fingerprint density at radius 1 is 1.42 bits per heavy atom. The van der Waals surface area contributed by atoms with E-state index in [1.165, 1.54) is 11.3 Å². The number of nitrogens with zero attached hydrogens (tertiary/aromatic N) is 2. The number of sulfone groups is 1. The van der Waals surface area contributed by atoms with Crippen LogP contribution in [0.5, 0.6) is 0 Å². The van der Waals surface area contributed by atoms with Crippen molar-refractivity contribution in [2.75, 3.05) is 5.32 Å². The molecule has 0 radical (unpaired) electrons. The molecule has 130 valence electrons. The molecule has 0 unspecified atom stereocenters. The van der Waals surface area contributed by atoms with Gasteiger partial charge in [0.1, 0.15) is 10.7 Å². The predicted molar refractivity (Wildman–Crippen MR) is 85.1 cm³/mol. The Balaban J connectivity index is 2.28. The minimum Gasteiger partial charge on any atom is -0.373 e. The molecule has 1 aromatic carbocycles. The number of hydrogen-bond acceptors (Lipinski definition) is 7. The van der Waals surface area contributed by atoms with Crippen molar-refractivity contribution in [1.82, 2.24) is 4.98 Å². The molecule has 0 spiro atoms. The summed E-state index contributed by atoms with van der Waals surface area (Å²) in [6, 6.07) is 2.64. The molecule has 0 bridgehead atoms. The number of nitro groups is 1. The van der Waals surface area contributed by atoms with Gasteiger partial charge in [-0.05, 0) is 18.6 Å². The number of benzene rings is 1. The van der Waals surface area contributed by atoms with Gasteiger partial charge in [-0.25, -0.2) is 13.4 Å². The third kappa shape index (κ3) is 3.85. The molecular weight excluding hydrogens is 364 g/mol. The number of nitro benzene ring substituents is 1. The number of thiazole rings is 1. The molecule has 0 fully saturated rings. The van der Waals surface area contributed by atoms with E-state index in [0.29, 0.717) is 11.1 Å². The van der Waals surface area contributed by atoms with Crippen LogP contribution in [0.1, 0.15) is 16.8 Å². The minimum absolute atomic E-state index is 0.0291. The molecule has 0 atom stereocenters. The van der Waals surface area contributed by atoms with E-state index in [1.807, 2.05) is 6.92 Å². The van der Waals surface area contributed by atoms with Crippen molar-refractivity contribution in [2.24, 2.45) is 0 Å². The van der Waals surface area contributed by atoms with Crippen molar-refractivity contribution in [3.63, 3.8) is 0 Å². The van der Waals surface area contributed by atoms with Crippen molar-refractivity contribution in [2.45, 2.75) is 30.5 Å². The van der Waals surface area contributed by atoms with Gasteiger partial charge in [0.05, 0.1) is 16.4 Å². The molecule has 11 heteroatoms. The summed E-state index contributed by atoms with van der Waals surface area (Å²) < 4.78 is 48.0. The number of aryl methyl sites for hydroxylation is 1. The first-order chi connectivity index (χ1) is 11.3. The Morgan fingerprint density at radius 3 is 2.67 bits per heavy atom. The lowest BCUT2D eigenvalue weighted by atomic mass is 10.2. The summed E-state index contributed by atoms with van der Waals surface area (Å²) in [6.45, 7) is 2.17. The number of anilines is 1. The van der Waals surface area contributed by atoms with Gasteiger partial charge in [-0.2, -0.15) is 8.78 Å². The van der Waals surface area contributed by atoms with E-state index in [1.54, 1.807) is 6.20 Å². The first-order valence-electron chi connectivity index (χ1n) is 6.73. The SMILES string of the molecule is CCc1cnc(CNc2ccc(S(=O)(=O)C(F)F)cc2[N+](=O)[O-])s1. The zero-order valence-electron chi connectivity index (χ0n) is 12.4. The Hall–Kier alpha value is -2.14. The maximum Gasteiger partial charge on any atom is 0.341 e. The zero-order valence-corrected chi connectivity index (χ0v) is 14.0. The normalized spacial score (nSPS) is 11.7. The first kappa shape index (κ1) is 18.2. The molecule has 24 heavy (non-hydrogen) atoms. The second-order valence-electron chi connectivity index (χ2n) is 4.67. The molecule has 0 amide bonds. The predicted octanol–water partition coefficient (Wildman–Crippen LogP) is 3.22. The Kier molecular flexibility index (Phi) is 5.44. The molecule has 0 aliphatic heterocycles. The van der Waals surface area contributed by atoms with Crippen LogP contribution in [0.3, 0.4) is 0 Å². The molecule has 2 aromatic rings. The lowest BCUT2D eigenvalue weighted by molar-refractivity contribution is -0.384. The van der Waals surface area contributed by atoms with Gasteiger partial charge in [0.15, 0.2) is 0 Å². The molecule has 1 aromatic heterocycles. The van der Waals surface area contributed by atoms with Gasteiger partial charge >= 0.3 is 5.76 Å². The summed E-state index contributed by atoms with van der Waals surface area (Å²) in [5.41, 5.74) is -0.564. The van der Waals surface area contributed by atoms with Crippen LogP contribution in [0.25, 0.3) is 0 Å². The van der Waals surface area contributed by atoms with E-state index in [0.717, 1.165) is 23.4 Å². The second kappa shape index (κ2) is 7.18. The number of aromatic nitrogens is 1. The molecular formula is C13H13F2N3O4S2. The van der Waals surface area contributed by atoms with Gasteiger partial charge in [0.25, 0.3) is 5.69 Å². The third-order valence-electron chi connectivity index (χ3n) is 3.11. The third-order valence-corrected chi connectivity index (χ3v) is 5.63. The van der Waals surface area contributed by atoms with Crippen molar-refractivity contribution in [3.05, 3.63) is 44.4 Å². The van der Waals surface area contributed by atoms with Gasteiger partial charge in [-0.1, -0.05) is 6.92 Å². The zero-order chi connectivity index (χ0) is 17.9. The van der Waals surface area contributed by atoms with Crippen molar-refractivity contribution < 1.29 is 22.1 Å². The Morgan fingerprint density at radius 2 is 2.12 bits per heavy atom. The summed E-state index contributed by atoms with van der Waals surface area (Å²) in [5.74, 6) is -3.64. The number of nitrogens with one attached hydrogen (secondary N) is 1. The number of hydrogen-bond donors (Lipinski definition) is 1. The largest absolute Gasteiger partial charge is 0.373 e. The Labute approximate surface area is 140 Å². The lowest BCUT2D eigenvalue weighted by Crippen LogP contribution is -2.12. The van der Waals surface area contributed by atoms with Crippen molar-refractivity contribution in [1.29, 1.82) is 0 Å². The fraction of sp³-hybridized carbons (Fsp3) is 0.308. The van der Waals surface area contributed by atoms with Crippen LogP contribution in [0, 0.1) is 10.1 Å². The first-order valence-corrected chi connectivity index (χ1v) is 9.10. The summed E-state index contributed by atoms with van der Waals surface area (Å²) >= 11 is 1.44. The highest BCUT2D eigenvalue weighted by atomic mass is 32.2. The van der Waals surface area contributed by atoms with Crippen LogP contribution in [0.15, 0.2) is 29.3 Å². The molecule has 7 nitrogen and oxygen atoms in total. The second-order valence-corrected chi connectivity index (χ2v) is 7.79. The van der Waals surface area contributed by atoms with Crippen LogP contribution < -0.4 is 5.32 Å². The molecule has 0 aliphatic rings. The summed E-state index contributed by atoms with van der Waals surface area (Å²) in [7, 11) is -4.89. The summed E-state index contributed by atoms with van der Waals surface area (Å²) in [5, 5.41) is 14.6. The van der Waals surface area contributed by atoms with Gasteiger partial charge in [-0.15, -0.1) is 11.3 Å². The highest BCUT2D eigenvalue weighted by Gasteiger charge is 2.29. The molecule has 0 saturated heterocycles. The van der Waals surface area contributed by atoms with Crippen molar-refractivity contribution in [3.8, 4) is 0 Å². The van der Waals surface area contributed by atoms with Crippen LogP contribution >= 0.6 is 11.3 Å². The molecule has 0 saturated carbocycles. The highest BCUT2D eigenvalue weighted by molar-refractivity contribution is 7.91. The van der Waals surface area contributed by atoms with Crippen LogP contribution in [-0.2, 0) is 22.8 Å². The fourth-order valence-corrected chi connectivity index (χ4v) is 3.40. The smallest absolute Gasteiger partial charge is 0.341 e. The van der Waals surface area contributed by atoms with E-state index in [9.17, 15) is 27.3 Å². The minimum atomic E-state index is -4.89. The molecule has 2 rings (SSSR count). The van der Waals surface area contributed by atoms with Gasteiger partial charge < -0.3 is 5.32 Å². The van der Waals surface area contributed by atoms with E-state index in [4.69, 9.17) is 0 Å². The van der Waals surface area contributed by atoms with Crippen LogP contribution in [-0.4, -0.2) is 24.1 Å². The van der Waals surface area contributed by atoms with E-state index in [2.05, 4.69) is 10.3 Å². The maximum absolute atomic E-state index is 12.6. The number of alkyl halides is 2. The molecule has 1 heterocycles. The highest BCUT2D eigenvalue weighted by Crippen LogP contribution is 2.30. The van der Waals surface area contributed by atoms with Gasteiger partial charge in [-0.3, -0.25) is 10.1 Å². The quantitative estimate of drug-likeness (QED) is 0.587. The fourth-order valence-electron chi connectivity index (χ4n) is 1.86. The summed E-state index contributed by atoms with van der Waals surface area (Å²) in [4.78, 5) is 14.7. The maximum atomic E-state index is 12.6. The topological polar surface area (TPSA) is 102 Å². The van der Waals surface area contributed by atoms with Gasteiger partial charge in [0.2, 0.25) is 9.84 Å². The summed E-state index contributed by atoms with van der Waals surface area (Å²) in [6.07, 6.45) is 2.52. The van der Waals surface area contributed by atoms with Crippen molar-refractivity contribution >= 4 is 32.5 Å².